The van der Waals surface area contributed by atoms with Crippen LogP contribution in [0.1, 0.15) is 12.8 Å². The number of nitrogens with zero attached hydrogens (tertiary/aromatic N) is 1. The van der Waals surface area contributed by atoms with Crippen molar-refractivity contribution in [3.8, 4) is 0 Å². The zero-order valence-electron chi connectivity index (χ0n) is 9.14. The summed E-state index contributed by atoms with van der Waals surface area (Å²) in [5.41, 5.74) is 0.983. The standard InChI is InChI=1S/C12H14N2O2/c1-14(9-5-3-2-4-6-9)10-7-8-11(15)13-12(10)16/h2-6,10H,7-8H2,1H3,(H,13,15,16)/t10-/m0/s1. The number of nitrogens with one attached hydrogen (secondary N) is 1. The molecule has 0 unspecified atom stereocenters. The topological polar surface area (TPSA) is 49.4 Å². The lowest BCUT2D eigenvalue weighted by atomic mass is 10.0. The summed E-state index contributed by atoms with van der Waals surface area (Å²) in [6, 6.07) is 9.44. The van der Waals surface area contributed by atoms with Crippen LogP contribution >= 0.6 is 0 Å². The molecule has 1 fully saturated rings. The van der Waals surface area contributed by atoms with E-state index in [4.69, 9.17) is 0 Å². The first-order chi connectivity index (χ1) is 7.68. The number of para-hydroxylation sites is 1. The van der Waals surface area contributed by atoms with E-state index in [1.807, 2.05) is 42.3 Å². The molecule has 1 aliphatic heterocycles. The lowest BCUT2D eigenvalue weighted by Crippen LogP contribution is -2.51. The molecular formula is C12H14N2O2. The van der Waals surface area contributed by atoms with Gasteiger partial charge in [-0.1, -0.05) is 18.2 Å². The van der Waals surface area contributed by atoms with Crippen LogP contribution in [0, 0.1) is 0 Å². The second kappa shape index (κ2) is 4.35. The quantitative estimate of drug-likeness (QED) is 0.751. The second-order valence-corrected chi connectivity index (χ2v) is 3.91. The van der Waals surface area contributed by atoms with Crippen molar-refractivity contribution in [1.29, 1.82) is 0 Å². The van der Waals surface area contributed by atoms with Crippen LogP contribution < -0.4 is 10.2 Å². The molecule has 1 heterocycles. The van der Waals surface area contributed by atoms with E-state index < -0.39 is 0 Å². The molecule has 16 heavy (non-hydrogen) atoms. The first kappa shape index (κ1) is 10.7. The molecule has 1 saturated heterocycles. The first-order valence-electron chi connectivity index (χ1n) is 5.30. The Balaban J connectivity index is 2.13. The number of benzene rings is 1. The van der Waals surface area contributed by atoms with E-state index in [-0.39, 0.29) is 17.9 Å². The number of amides is 2. The molecule has 2 rings (SSSR count). The largest absolute Gasteiger partial charge is 0.363 e. The van der Waals surface area contributed by atoms with Crippen LogP contribution in [0.3, 0.4) is 0 Å². The maximum atomic E-state index is 11.6. The molecule has 1 N–H and O–H groups in total. The fourth-order valence-corrected chi connectivity index (χ4v) is 1.89. The van der Waals surface area contributed by atoms with E-state index >= 15 is 0 Å². The molecule has 0 aliphatic carbocycles. The SMILES string of the molecule is CN(c1ccccc1)[C@H]1CCC(=O)NC1=O. The smallest absolute Gasteiger partial charge is 0.249 e. The van der Waals surface area contributed by atoms with Crippen LogP contribution in [0.15, 0.2) is 30.3 Å². The van der Waals surface area contributed by atoms with Gasteiger partial charge in [0, 0.05) is 19.2 Å². The Morgan fingerprint density at radius 1 is 1.25 bits per heavy atom. The third kappa shape index (κ3) is 2.05. The normalized spacial score (nSPS) is 20.4. The predicted molar refractivity (Wildman–Crippen MR) is 61.0 cm³/mol. The van der Waals surface area contributed by atoms with Gasteiger partial charge in [0.25, 0.3) is 0 Å². The van der Waals surface area contributed by atoms with Gasteiger partial charge in [-0.2, -0.15) is 0 Å². The number of hydrogen-bond acceptors (Lipinski definition) is 3. The molecule has 0 radical (unpaired) electrons. The van der Waals surface area contributed by atoms with Crippen LogP contribution in [-0.4, -0.2) is 24.9 Å². The summed E-state index contributed by atoms with van der Waals surface area (Å²) in [7, 11) is 1.87. The summed E-state index contributed by atoms with van der Waals surface area (Å²) >= 11 is 0. The summed E-state index contributed by atoms with van der Waals surface area (Å²) < 4.78 is 0. The number of hydrogen-bond donors (Lipinski definition) is 1. The van der Waals surface area contributed by atoms with Gasteiger partial charge >= 0.3 is 0 Å². The lowest BCUT2D eigenvalue weighted by Gasteiger charge is -2.31. The Labute approximate surface area is 94.2 Å². The zero-order valence-corrected chi connectivity index (χ0v) is 9.14. The molecule has 2 amide bonds. The second-order valence-electron chi connectivity index (χ2n) is 3.91. The van der Waals surface area contributed by atoms with Crippen molar-refractivity contribution >= 4 is 17.5 Å². The van der Waals surface area contributed by atoms with E-state index in [2.05, 4.69) is 5.32 Å². The van der Waals surface area contributed by atoms with Crippen molar-refractivity contribution in [2.45, 2.75) is 18.9 Å². The van der Waals surface area contributed by atoms with Gasteiger partial charge in [-0.05, 0) is 18.6 Å². The van der Waals surface area contributed by atoms with Gasteiger partial charge in [0.1, 0.15) is 6.04 Å². The van der Waals surface area contributed by atoms with E-state index in [9.17, 15) is 9.59 Å². The number of carbonyl (C=O) groups excluding carboxylic acids is 2. The summed E-state index contributed by atoms with van der Waals surface area (Å²) in [5, 5.41) is 2.36. The molecule has 84 valence electrons. The van der Waals surface area contributed by atoms with Gasteiger partial charge < -0.3 is 4.90 Å². The number of rotatable bonds is 2. The van der Waals surface area contributed by atoms with Crippen LogP contribution in [0.2, 0.25) is 0 Å². The summed E-state index contributed by atoms with van der Waals surface area (Å²) in [6.45, 7) is 0. The van der Waals surface area contributed by atoms with Crippen LogP contribution in [0.5, 0.6) is 0 Å². The van der Waals surface area contributed by atoms with Gasteiger partial charge in [-0.3, -0.25) is 14.9 Å². The summed E-state index contributed by atoms with van der Waals surface area (Å²) in [5.74, 6) is -0.384. The molecule has 0 spiro atoms. The molecule has 4 nitrogen and oxygen atoms in total. The highest BCUT2D eigenvalue weighted by Crippen LogP contribution is 2.19. The average Bonchev–Trinajstić information content (AvgIpc) is 2.29. The summed E-state index contributed by atoms with van der Waals surface area (Å²) in [6.07, 6.45) is 0.990. The van der Waals surface area contributed by atoms with Crippen LogP contribution in [-0.2, 0) is 9.59 Å². The number of imide groups is 1. The molecule has 1 atom stereocenters. The van der Waals surface area contributed by atoms with Crippen LogP contribution in [0.4, 0.5) is 5.69 Å². The highest BCUT2D eigenvalue weighted by molar-refractivity contribution is 6.01. The molecule has 1 aliphatic rings. The van der Waals surface area contributed by atoms with E-state index in [1.165, 1.54) is 0 Å². The minimum atomic E-state index is -0.250. The summed E-state index contributed by atoms with van der Waals surface area (Å²) in [4.78, 5) is 24.6. The monoisotopic (exact) mass is 218 g/mol. The van der Waals surface area contributed by atoms with Crippen molar-refractivity contribution in [3.05, 3.63) is 30.3 Å². The number of anilines is 1. The Morgan fingerprint density at radius 2 is 1.94 bits per heavy atom. The minimum Gasteiger partial charge on any atom is -0.363 e. The molecule has 0 saturated carbocycles. The highest BCUT2D eigenvalue weighted by Gasteiger charge is 2.29. The molecule has 4 heteroatoms. The maximum Gasteiger partial charge on any atom is 0.249 e. The zero-order chi connectivity index (χ0) is 11.5. The number of carbonyl (C=O) groups is 2. The van der Waals surface area contributed by atoms with Gasteiger partial charge in [-0.15, -0.1) is 0 Å². The molecule has 1 aromatic rings. The first-order valence-corrected chi connectivity index (χ1v) is 5.30. The molecular weight excluding hydrogens is 204 g/mol. The fourth-order valence-electron chi connectivity index (χ4n) is 1.89. The molecule has 0 bridgehead atoms. The third-order valence-electron chi connectivity index (χ3n) is 2.84. The molecule has 1 aromatic carbocycles. The number of likely N-dealkylation sites (N-methyl/N-ethyl adjacent to an activating group) is 1. The van der Waals surface area contributed by atoms with E-state index in [0.717, 1.165) is 5.69 Å². The Kier molecular flexibility index (Phi) is 2.90. The molecule has 0 aromatic heterocycles. The van der Waals surface area contributed by atoms with Gasteiger partial charge in [0.05, 0.1) is 0 Å². The van der Waals surface area contributed by atoms with Crippen molar-refractivity contribution in [1.82, 2.24) is 5.32 Å². The Morgan fingerprint density at radius 3 is 2.56 bits per heavy atom. The maximum absolute atomic E-state index is 11.6. The van der Waals surface area contributed by atoms with Crippen molar-refractivity contribution in [2.75, 3.05) is 11.9 Å². The van der Waals surface area contributed by atoms with E-state index in [0.29, 0.717) is 12.8 Å². The van der Waals surface area contributed by atoms with Gasteiger partial charge in [0.2, 0.25) is 11.8 Å². The Bertz CT molecular complexity index is 403. The lowest BCUT2D eigenvalue weighted by molar-refractivity contribution is -0.134. The van der Waals surface area contributed by atoms with E-state index in [1.54, 1.807) is 0 Å². The average molecular weight is 218 g/mol. The van der Waals surface area contributed by atoms with Gasteiger partial charge in [0.15, 0.2) is 0 Å². The Hall–Kier alpha value is -1.84. The van der Waals surface area contributed by atoms with Gasteiger partial charge in [-0.25, -0.2) is 0 Å². The van der Waals surface area contributed by atoms with Crippen molar-refractivity contribution < 1.29 is 9.59 Å². The number of piperidine rings is 1. The van der Waals surface area contributed by atoms with Crippen molar-refractivity contribution in [3.63, 3.8) is 0 Å². The third-order valence-corrected chi connectivity index (χ3v) is 2.84. The fraction of sp³-hybridized carbons (Fsp3) is 0.333. The predicted octanol–water partition coefficient (Wildman–Crippen LogP) is 0.928. The van der Waals surface area contributed by atoms with Crippen molar-refractivity contribution in [2.24, 2.45) is 0 Å². The highest BCUT2D eigenvalue weighted by atomic mass is 16.2. The minimum absolute atomic E-state index is 0.178. The van der Waals surface area contributed by atoms with Crippen LogP contribution in [0.25, 0.3) is 0 Å².